The van der Waals surface area contributed by atoms with Crippen LogP contribution in [-0.2, 0) is 39.9 Å². The molecule has 9 nitrogen and oxygen atoms in total. The molecule has 1 aromatic rings. The van der Waals surface area contributed by atoms with Crippen LogP contribution in [0.3, 0.4) is 0 Å². The van der Waals surface area contributed by atoms with Crippen LogP contribution in [0.15, 0.2) is 30.6 Å². The number of pyridine rings is 1. The number of halogens is 6. The minimum Gasteiger partial charge on any atom is -0.421 e. The first-order chi connectivity index (χ1) is 13.5. The predicted octanol–water partition coefficient (Wildman–Crippen LogP) is 1.91. The zero-order chi connectivity index (χ0) is 23.9. The van der Waals surface area contributed by atoms with E-state index in [0.29, 0.717) is 0 Å². The van der Waals surface area contributed by atoms with Gasteiger partial charge in [-0.3, -0.25) is 0 Å². The number of aryl methyl sites for hydroxylation is 1. The van der Waals surface area contributed by atoms with Gasteiger partial charge in [0.1, 0.15) is 0 Å². The highest BCUT2D eigenvalue weighted by Gasteiger charge is 2.47. The summed E-state index contributed by atoms with van der Waals surface area (Å²) < 4.78 is 127. The predicted molar refractivity (Wildman–Crippen MR) is 91.5 cm³/mol. The van der Waals surface area contributed by atoms with E-state index in [0.717, 1.165) is 16.7 Å². The summed E-state index contributed by atoms with van der Waals surface area (Å²) in [6.07, 6.45) is 4.03. The highest BCUT2D eigenvalue weighted by Crippen LogP contribution is 2.36. The molecule has 18 heteroatoms. The molecule has 0 aliphatic carbocycles. The Labute approximate surface area is 170 Å². The Kier molecular flexibility index (Phi) is 10.3. The molecule has 1 heterocycles. The van der Waals surface area contributed by atoms with Crippen molar-refractivity contribution in [2.45, 2.75) is 23.6 Å². The Balaban J connectivity index is 0.000000561. The van der Waals surface area contributed by atoms with Gasteiger partial charge in [-0.1, -0.05) is 6.07 Å². The van der Waals surface area contributed by atoms with E-state index in [1.165, 1.54) is 0 Å². The number of hydrogen-bond donors (Lipinski definition) is 0. The zero-order valence-electron chi connectivity index (χ0n) is 15.6. The quantitative estimate of drug-likeness (QED) is 0.299. The topological polar surface area (TPSA) is 114 Å². The molecule has 0 atom stereocenters. The summed E-state index contributed by atoms with van der Waals surface area (Å²) in [6, 6.07) is 6.75. The number of hydrogen-bond acceptors (Lipinski definition) is 7. The third-order valence-electron chi connectivity index (χ3n) is 3.17. The van der Waals surface area contributed by atoms with Gasteiger partial charge in [0.25, 0.3) is 0 Å². The van der Waals surface area contributed by atoms with E-state index in [2.05, 4.69) is 4.57 Å². The monoisotopic (exact) mass is 508 g/mol. The van der Waals surface area contributed by atoms with Crippen molar-refractivity contribution in [2.75, 3.05) is 21.3 Å². The van der Waals surface area contributed by atoms with E-state index in [4.69, 9.17) is 13.3 Å². The summed E-state index contributed by atoms with van der Waals surface area (Å²) >= 11 is 0. The molecule has 30 heavy (non-hydrogen) atoms. The van der Waals surface area contributed by atoms with Crippen molar-refractivity contribution in [1.29, 1.82) is 0 Å². The molecular formula is C12H18F6N2O7S2Si. The van der Waals surface area contributed by atoms with Crippen molar-refractivity contribution in [2.24, 2.45) is 0 Å². The largest absolute Gasteiger partial charge is 0.506 e. The van der Waals surface area contributed by atoms with Gasteiger partial charge in [-0.05, 0) is 0 Å². The number of aromatic nitrogens is 1. The Morgan fingerprint density at radius 1 is 0.800 bits per heavy atom. The minimum absolute atomic E-state index is 0.769. The average Bonchev–Trinajstić information content (AvgIpc) is 2.62. The van der Waals surface area contributed by atoms with Crippen molar-refractivity contribution in [3.8, 4) is 0 Å². The Hall–Kier alpha value is -1.31. The molecule has 176 valence electrons. The minimum atomic E-state index is -6.72. The van der Waals surface area contributed by atoms with Crippen LogP contribution in [0.1, 0.15) is 0 Å². The number of rotatable bonds is 8. The van der Waals surface area contributed by atoms with Crippen molar-refractivity contribution < 1.29 is 61.0 Å². The van der Waals surface area contributed by atoms with Crippen LogP contribution in [-0.4, -0.2) is 58.0 Å². The molecule has 0 fully saturated rings. The van der Waals surface area contributed by atoms with Gasteiger partial charge in [0.2, 0.25) is 0 Å². The van der Waals surface area contributed by atoms with Crippen molar-refractivity contribution in [3.63, 3.8) is 0 Å². The molecule has 0 aliphatic rings. The summed E-state index contributed by atoms with van der Waals surface area (Å²) in [4.78, 5) is 0. The van der Waals surface area contributed by atoms with Crippen LogP contribution < -0.4 is 4.57 Å². The molecule has 0 spiro atoms. The average molecular weight is 508 g/mol. The molecule has 0 amide bonds. The van der Waals surface area contributed by atoms with Gasteiger partial charge in [-0.15, -0.1) is 0 Å². The first-order valence-electron chi connectivity index (χ1n) is 7.43. The molecule has 0 saturated heterocycles. The highest BCUT2D eigenvalue weighted by molar-refractivity contribution is 8.13. The van der Waals surface area contributed by atoms with Crippen LogP contribution >= 0.6 is 0 Å². The molecule has 0 N–H and O–H groups in total. The second kappa shape index (κ2) is 10.8. The Morgan fingerprint density at radius 2 is 1.17 bits per heavy atom. The zero-order valence-corrected chi connectivity index (χ0v) is 18.3. The SMILES string of the molecule is CO[Si](CC[n+]1ccccc1)(OC)OC.O=S(=O)([N-]S(=O)(=O)C(F)(F)F)C(F)(F)F. The van der Waals surface area contributed by atoms with E-state index in [9.17, 15) is 43.2 Å². The molecule has 1 rings (SSSR count). The van der Waals surface area contributed by atoms with Gasteiger partial charge in [0.15, 0.2) is 39.0 Å². The van der Waals surface area contributed by atoms with E-state index in [-0.39, 0.29) is 0 Å². The molecular weight excluding hydrogens is 490 g/mol. The van der Waals surface area contributed by atoms with Gasteiger partial charge < -0.3 is 17.4 Å². The molecule has 0 aliphatic heterocycles. The van der Waals surface area contributed by atoms with Crippen molar-refractivity contribution in [1.82, 2.24) is 0 Å². The number of sulfonamides is 2. The molecule has 1 aromatic heterocycles. The normalized spacial score (nSPS) is 13.5. The lowest BCUT2D eigenvalue weighted by Gasteiger charge is -2.22. The standard InChI is InChI=1S/C10H18NO3Si.C2F6NO4S2/c1-12-15(13-2,14-3)10-9-11-7-5-4-6-8-11;3-1(4,5)14(10,11)9-15(12,13)2(6,7)8/h4-8H,9-10H2,1-3H3;/q+1;-1. The molecule has 0 aromatic carbocycles. The maximum absolute atomic E-state index is 11.4. The van der Waals surface area contributed by atoms with Gasteiger partial charge in [0, 0.05) is 33.5 Å². The van der Waals surface area contributed by atoms with Crippen LogP contribution in [0.4, 0.5) is 26.3 Å². The molecule has 0 unspecified atom stereocenters. The lowest BCUT2D eigenvalue weighted by molar-refractivity contribution is -0.693. The van der Waals surface area contributed by atoms with Crippen LogP contribution in [0, 0.1) is 0 Å². The first kappa shape index (κ1) is 28.7. The maximum Gasteiger partial charge on any atom is 0.506 e. The Morgan fingerprint density at radius 3 is 1.47 bits per heavy atom. The highest BCUT2D eigenvalue weighted by atomic mass is 32.3. The Bertz CT molecular complexity index is 809. The van der Waals surface area contributed by atoms with Gasteiger partial charge in [-0.25, -0.2) is 21.4 Å². The summed E-state index contributed by atoms with van der Waals surface area (Å²) in [7, 11) is -11.0. The van der Waals surface area contributed by atoms with Gasteiger partial charge in [0.05, 0.1) is 6.04 Å². The second-order valence-corrected chi connectivity index (χ2v) is 11.6. The second-order valence-electron chi connectivity index (χ2n) is 5.07. The fourth-order valence-corrected chi connectivity index (χ4v) is 4.97. The van der Waals surface area contributed by atoms with E-state index in [1.54, 1.807) is 21.3 Å². The smallest absolute Gasteiger partial charge is 0.421 e. The van der Waals surface area contributed by atoms with Crippen molar-refractivity contribution >= 4 is 28.9 Å². The fourth-order valence-electron chi connectivity index (χ4n) is 1.62. The van der Waals surface area contributed by atoms with Gasteiger partial charge in [-0.2, -0.15) is 26.3 Å². The summed E-state index contributed by atoms with van der Waals surface area (Å²) in [5.74, 6) is 0. The third-order valence-corrected chi connectivity index (χ3v) is 8.61. The van der Waals surface area contributed by atoms with Crippen LogP contribution in [0.5, 0.6) is 0 Å². The van der Waals surface area contributed by atoms with Gasteiger partial charge >= 0.3 is 19.8 Å². The lowest BCUT2D eigenvalue weighted by atomic mass is 10.5. The van der Waals surface area contributed by atoms with Crippen LogP contribution in [0.25, 0.3) is 4.13 Å². The maximum atomic E-state index is 11.4. The third kappa shape index (κ3) is 8.44. The summed E-state index contributed by atoms with van der Waals surface area (Å²) in [5, 5.41) is 0. The molecule has 0 saturated carbocycles. The first-order valence-corrected chi connectivity index (χ1v) is 12.2. The number of alkyl halides is 6. The van der Waals surface area contributed by atoms with E-state index < -0.39 is 39.9 Å². The molecule has 0 radical (unpaired) electrons. The fraction of sp³-hybridized carbons (Fsp3) is 0.583. The van der Waals surface area contributed by atoms with Crippen LogP contribution in [0.2, 0.25) is 6.04 Å². The molecule has 0 bridgehead atoms. The number of nitrogens with zero attached hydrogens (tertiary/aromatic N) is 2. The van der Waals surface area contributed by atoms with E-state index >= 15 is 0 Å². The van der Waals surface area contributed by atoms with Crippen molar-refractivity contribution in [3.05, 3.63) is 34.7 Å². The summed E-state index contributed by atoms with van der Waals surface area (Å²) in [6.45, 7) is 0.836. The summed E-state index contributed by atoms with van der Waals surface area (Å²) in [5.41, 5.74) is -12.4. The van der Waals surface area contributed by atoms with E-state index in [1.807, 2.05) is 30.6 Å². The lowest BCUT2D eigenvalue weighted by Crippen LogP contribution is -2.47.